The van der Waals surface area contributed by atoms with Crippen molar-refractivity contribution in [1.82, 2.24) is 0 Å². The van der Waals surface area contributed by atoms with Crippen LogP contribution >= 0.6 is 0 Å². The largest absolute Gasteiger partial charge is 0.396 e. The highest BCUT2D eigenvalue weighted by atomic mass is 16.3. The third kappa shape index (κ3) is 25.6. The molecule has 2 nitrogen and oxygen atoms in total. The molecule has 0 rings (SSSR count). The minimum atomic E-state index is 0.345. The second-order valence-electron chi connectivity index (χ2n) is 15.4. The molecule has 0 fully saturated rings. The fourth-order valence-electron chi connectivity index (χ4n) is 6.51. The second-order valence-corrected chi connectivity index (χ2v) is 15.4. The summed E-state index contributed by atoms with van der Waals surface area (Å²) >= 11 is 0. The average molecular weight is 567 g/mol. The molecule has 0 heterocycles. The van der Waals surface area contributed by atoms with Crippen LogP contribution in [0.25, 0.3) is 0 Å². The van der Waals surface area contributed by atoms with Crippen LogP contribution in [-0.4, -0.2) is 23.4 Å². The van der Waals surface area contributed by atoms with E-state index < -0.39 is 0 Å². The summed E-state index contributed by atoms with van der Waals surface area (Å²) in [6, 6.07) is 0. The Morgan fingerprint density at radius 1 is 0.250 bits per heavy atom. The number of aliphatic hydroxyl groups is 2. The van der Waals surface area contributed by atoms with Gasteiger partial charge in [-0.1, -0.05) is 171 Å². The highest BCUT2D eigenvalue weighted by Crippen LogP contribution is 2.26. The van der Waals surface area contributed by atoms with Crippen LogP contribution in [0.2, 0.25) is 0 Å². The number of rotatable bonds is 29. The van der Waals surface area contributed by atoms with Crippen LogP contribution in [0, 0.1) is 47.3 Å². The predicted molar refractivity (Wildman–Crippen MR) is 180 cm³/mol. The SMILES string of the molecule is C[C@H](CCC[C@H](C)CCC[C@H](C)CC[C@@H](C)CCC[C@@H](C)CCC[C@@H](C)CCC[C@@H](C)CO)CCC[C@@H](C)CO. The first-order valence-corrected chi connectivity index (χ1v) is 18.3. The van der Waals surface area contributed by atoms with E-state index in [2.05, 4.69) is 55.4 Å². The average Bonchev–Trinajstić information content (AvgIpc) is 2.91. The molecule has 8 atom stereocenters. The maximum Gasteiger partial charge on any atom is 0.0456 e. The van der Waals surface area contributed by atoms with Gasteiger partial charge in [0.25, 0.3) is 0 Å². The van der Waals surface area contributed by atoms with E-state index in [-0.39, 0.29) is 0 Å². The minimum Gasteiger partial charge on any atom is -0.396 e. The summed E-state index contributed by atoms with van der Waals surface area (Å²) in [6.45, 7) is 19.8. The van der Waals surface area contributed by atoms with Crippen LogP contribution in [0.5, 0.6) is 0 Å². The molecule has 0 aliphatic rings. The lowest BCUT2D eigenvalue weighted by Gasteiger charge is -2.18. The first-order chi connectivity index (χ1) is 19.1. The molecule has 40 heavy (non-hydrogen) atoms. The predicted octanol–water partition coefficient (Wildman–Crippen LogP) is 11.9. The molecule has 0 radical (unpaired) electrons. The van der Waals surface area contributed by atoms with Gasteiger partial charge in [0.1, 0.15) is 0 Å². The van der Waals surface area contributed by atoms with Crippen molar-refractivity contribution in [3.05, 3.63) is 0 Å². The summed E-state index contributed by atoms with van der Waals surface area (Å²) < 4.78 is 0. The third-order valence-corrected chi connectivity index (χ3v) is 10.1. The van der Waals surface area contributed by atoms with E-state index in [0.29, 0.717) is 25.0 Å². The maximum absolute atomic E-state index is 9.17. The molecule has 0 saturated carbocycles. The van der Waals surface area contributed by atoms with E-state index in [1.54, 1.807) is 0 Å². The number of hydrogen-bond acceptors (Lipinski definition) is 2. The Balaban J connectivity index is 3.70. The van der Waals surface area contributed by atoms with Crippen molar-refractivity contribution in [2.75, 3.05) is 13.2 Å². The van der Waals surface area contributed by atoms with E-state index >= 15 is 0 Å². The van der Waals surface area contributed by atoms with Crippen molar-refractivity contribution >= 4 is 0 Å². The van der Waals surface area contributed by atoms with Gasteiger partial charge in [-0.3, -0.25) is 0 Å². The van der Waals surface area contributed by atoms with Gasteiger partial charge in [-0.2, -0.15) is 0 Å². The van der Waals surface area contributed by atoms with E-state index in [4.69, 9.17) is 10.2 Å². The minimum absolute atomic E-state index is 0.345. The molecule has 0 aromatic carbocycles. The van der Waals surface area contributed by atoms with E-state index in [0.717, 1.165) is 35.5 Å². The number of hydrogen-bond donors (Lipinski definition) is 2. The van der Waals surface area contributed by atoms with Crippen molar-refractivity contribution in [3.8, 4) is 0 Å². The fraction of sp³-hybridized carbons (Fsp3) is 1.00. The second kappa shape index (κ2) is 26.5. The van der Waals surface area contributed by atoms with E-state index in [9.17, 15) is 0 Å². The Bertz CT molecular complexity index is 474. The van der Waals surface area contributed by atoms with Gasteiger partial charge in [-0.05, 0) is 60.2 Å². The summed E-state index contributed by atoms with van der Waals surface area (Å²) in [5.74, 6) is 6.21. The molecule has 2 heteroatoms. The monoisotopic (exact) mass is 567 g/mol. The Kier molecular flexibility index (Phi) is 26.5. The third-order valence-electron chi connectivity index (χ3n) is 10.1. The van der Waals surface area contributed by atoms with Crippen molar-refractivity contribution in [3.63, 3.8) is 0 Å². The Labute approximate surface area is 254 Å². The van der Waals surface area contributed by atoms with Gasteiger partial charge in [0, 0.05) is 13.2 Å². The van der Waals surface area contributed by atoms with Crippen LogP contribution < -0.4 is 0 Å². The first kappa shape index (κ1) is 39.9. The van der Waals surface area contributed by atoms with Crippen molar-refractivity contribution in [2.24, 2.45) is 47.3 Å². The van der Waals surface area contributed by atoms with Gasteiger partial charge < -0.3 is 10.2 Å². The Morgan fingerprint density at radius 2 is 0.400 bits per heavy atom. The number of aliphatic hydroxyl groups excluding tert-OH is 2. The smallest absolute Gasteiger partial charge is 0.0456 e. The molecule has 0 amide bonds. The molecule has 0 aromatic rings. The first-order valence-electron chi connectivity index (χ1n) is 18.3. The Hall–Kier alpha value is -0.0800. The lowest BCUT2D eigenvalue weighted by molar-refractivity contribution is 0.225. The lowest BCUT2D eigenvalue weighted by atomic mass is 9.88. The van der Waals surface area contributed by atoms with Crippen molar-refractivity contribution in [1.29, 1.82) is 0 Å². The zero-order valence-corrected chi connectivity index (χ0v) is 29.1. The van der Waals surface area contributed by atoms with Crippen molar-refractivity contribution in [2.45, 2.75) is 184 Å². The molecule has 2 N–H and O–H groups in total. The molecule has 0 bridgehead atoms. The molecule has 242 valence electrons. The van der Waals surface area contributed by atoms with Gasteiger partial charge in [0.2, 0.25) is 0 Å². The lowest BCUT2D eigenvalue weighted by Crippen LogP contribution is -2.04. The summed E-state index contributed by atoms with van der Waals surface area (Å²) in [4.78, 5) is 0. The van der Waals surface area contributed by atoms with Gasteiger partial charge in [-0.15, -0.1) is 0 Å². The molecule has 0 unspecified atom stereocenters. The standard InChI is InChI=1S/C38H78O2/c1-31(15-9-17-33(3)21-13-25-37(7)29-39)19-11-23-35(5)27-28-36(6)24-12-20-32(2)16-10-18-34(4)22-14-26-38(8)30-40/h31-40H,9-30H2,1-8H3/t31-,32-,33+,34+,35-,36-,37+,38+/m0/s1. The van der Waals surface area contributed by atoms with Crippen LogP contribution in [0.15, 0.2) is 0 Å². The van der Waals surface area contributed by atoms with E-state index in [1.165, 1.54) is 128 Å². The summed E-state index contributed by atoms with van der Waals surface area (Å²) in [5.41, 5.74) is 0. The van der Waals surface area contributed by atoms with Crippen LogP contribution in [0.3, 0.4) is 0 Å². The molecule has 0 saturated heterocycles. The maximum atomic E-state index is 9.17. The molecular weight excluding hydrogens is 488 g/mol. The topological polar surface area (TPSA) is 40.5 Å². The van der Waals surface area contributed by atoms with Gasteiger partial charge in [-0.25, -0.2) is 0 Å². The molecule has 0 spiro atoms. The zero-order chi connectivity index (χ0) is 30.2. The molecular formula is C38H78O2. The van der Waals surface area contributed by atoms with Gasteiger partial charge >= 0.3 is 0 Å². The summed E-state index contributed by atoms with van der Waals surface area (Å²) in [6.07, 6.45) is 27.3. The van der Waals surface area contributed by atoms with Crippen molar-refractivity contribution < 1.29 is 10.2 Å². The Morgan fingerprint density at radius 3 is 0.575 bits per heavy atom. The highest BCUT2D eigenvalue weighted by Gasteiger charge is 2.12. The van der Waals surface area contributed by atoms with E-state index in [1.807, 2.05) is 0 Å². The van der Waals surface area contributed by atoms with Gasteiger partial charge in [0.05, 0.1) is 0 Å². The summed E-state index contributed by atoms with van der Waals surface area (Å²) in [7, 11) is 0. The highest BCUT2D eigenvalue weighted by molar-refractivity contribution is 4.65. The van der Waals surface area contributed by atoms with Crippen LogP contribution in [-0.2, 0) is 0 Å². The fourth-order valence-corrected chi connectivity index (χ4v) is 6.51. The van der Waals surface area contributed by atoms with Crippen LogP contribution in [0.1, 0.15) is 184 Å². The summed E-state index contributed by atoms with van der Waals surface area (Å²) in [5, 5.41) is 18.3. The molecule has 0 aliphatic carbocycles. The quantitative estimate of drug-likeness (QED) is 0.0945. The molecule has 0 aromatic heterocycles. The normalized spacial score (nSPS) is 18.1. The molecule has 0 aliphatic heterocycles. The van der Waals surface area contributed by atoms with Crippen LogP contribution in [0.4, 0.5) is 0 Å². The van der Waals surface area contributed by atoms with Gasteiger partial charge in [0.15, 0.2) is 0 Å². The zero-order valence-electron chi connectivity index (χ0n) is 29.1.